The largest absolute Gasteiger partial charge is 0.413 e. The van der Waals surface area contributed by atoms with Crippen molar-refractivity contribution >= 4 is 16.6 Å². The molecule has 0 amide bonds. The third-order valence-corrected chi connectivity index (χ3v) is 13.0. The van der Waals surface area contributed by atoms with E-state index in [9.17, 15) is 0 Å². The Balaban J connectivity index is 1.86. The zero-order valence-electron chi connectivity index (χ0n) is 17.6. The SMILES string of the molecule is CC(C)(C)[Si](C)(C)OCC1=CCC(COCc2ccccc2)O[Si]1(C)C. The van der Waals surface area contributed by atoms with Crippen LogP contribution in [0.2, 0.25) is 31.2 Å². The zero-order valence-corrected chi connectivity index (χ0v) is 19.6. The Kier molecular flexibility index (Phi) is 7.07. The summed E-state index contributed by atoms with van der Waals surface area (Å²) in [4.78, 5) is 0. The smallest absolute Gasteiger partial charge is 0.216 e. The number of benzene rings is 1. The fourth-order valence-electron chi connectivity index (χ4n) is 2.75. The van der Waals surface area contributed by atoms with E-state index in [4.69, 9.17) is 13.6 Å². The van der Waals surface area contributed by atoms with E-state index in [1.165, 1.54) is 10.8 Å². The second-order valence-corrected chi connectivity index (χ2v) is 18.0. The molecule has 0 saturated carbocycles. The van der Waals surface area contributed by atoms with Gasteiger partial charge >= 0.3 is 0 Å². The Hall–Kier alpha value is -0.726. The van der Waals surface area contributed by atoms with Crippen molar-refractivity contribution in [2.24, 2.45) is 0 Å². The fraction of sp³-hybridized carbons (Fsp3) is 0.619. The highest BCUT2D eigenvalue weighted by atomic mass is 28.4. The van der Waals surface area contributed by atoms with Gasteiger partial charge in [-0.25, -0.2) is 0 Å². The quantitative estimate of drug-likeness (QED) is 0.558. The lowest BCUT2D eigenvalue weighted by Crippen LogP contribution is -2.47. The monoisotopic (exact) mass is 392 g/mol. The molecule has 0 fully saturated rings. The van der Waals surface area contributed by atoms with Crippen LogP contribution in [-0.4, -0.2) is 36.0 Å². The summed E-state index contributed by atoms with van der Waals surface area (Å²) in [6.45, 7) is 18.1. The van der Waals surface area contributed by atoms with Crippen LogP contribution in [0, 0.1) is 0 Å². The van der Waals surface area contributed by atoms with Crippen molar-refractivity contribution in [1.29, 1.82) is 0 Å². The fourth-order valence-corrected chi connectivity index (χ4v) is 6.02. The summed E-state index contributed by atoms with van der Waals surface area (Å²) in [6, 6.07) is 10.3. The van der Waals surface area contributed by atoms with Crippen LogP contribution in [0.4, 0.5) is 0 Å². The summed E-state index contributed by atoms with van der Waals surface area (Å²) in [5, 5.41) is 1.63. The van der Waals surface area contributed by atoms with E-state index in [-0.39, 0.29) is 11.1 Å². The normalized spacial score (nSPS) is 20.7. The number of rotatable bonds is 7. The predicted molar refractivity (Wildman–Crippen MR) is 114 cm³/mol. The Morgan fingerprint density at radius 2 is 1.77 bits per heavy atom. The van der Waals surface area contributed by atoms with Crippen molar-refractivity contribution < 1.29 is 13.6 Å². The first-order valence-corrected chi connectivity index (χ1v) is 15.5. The second-order valence-electron chi connectivity index (χ2n) is 9.26. The minimum Gasteiger partial charge on any atom is -0.413 e. The molecule has 0 saturated heterocycles. The summed E-state index contributed by atoms with van der Waals surface area (Å²) in [6.07, 6.45) is 3.44. The highest BCUT2D eigenvalue weighted by Gasteiger charge is 2.40. The molecule has 0 bridgehead atoms. The van der Waals surface area contributed by atoms with Crippen molar-refractivity contribution in [1.82, 2.24) is 0 Å². The maximum absolute atomic E-state index is 6.46. The summed E-state index contributed by atoms with van der Waals surface area (Å²) < 4.78 is 18.8. The van der Waals surface area contributed by atoms with Crippen LogP contribution in [-0.2, 0) is 20.2 Å². The van der Waals surface area contributed by atoms with Gasteiger partial charge in [0.2, 0.25) is 8.32 Å². The molecule has 1 atom stereocenters. The molecule has 1 heterocycles. The van der Waals surface area contributed by atoms with Crippen LogP contribution in [0.1, 0.15) is 32.8 Å². The molecule has 2 rings (SSSR count). The van der Waals surface area contributed by atoms with Crippen LogP contribution < -0.4 is 0 Å². The molecule has 26 heavy (non-hydrogen) atoms. The van der Waals surface area contributed by atoms with Gasteiger partial charge in [-0.3, -0.25) is 0 Å². The van der Waals surface area contributed by atoms with E-state index >= 15 is 0 Å². The molecule has 1 unspecified atom stereocenters. The third kappa shape index (κ3) is 5.89. The lowest BCUT2D eigenvalue weighted by atomic mass is 10.2. The molecule has 5 heteroatoms. The molecule has 1 aliphatic rings. The maximum Gasteiger partial charge on any atom is 0.216 e. The molecule has 1 aromatic rings. The van der Waals surface area contributed by atoms with E-state index in [1.807, 2.05) is 18.2 Å². The van der Waals surface area contributed by atoms with Gasteiger partial charge in [-0.1, -0.05) is 57.2 Å². The van der Waals surface area contributed by atoms with E-state index in [1.54, 1.807) is 0 Å². The molecule has 0 spiro atoms. The van der Waals surface area contributed by atoms with E-state index < -0.39 is 16.6 Å². The van der Waals surface area contributed by atoms with Gasteiger partial charge in [-0.2, -0.15) is 0 Å². The topological polar surface area (TPSA) is 27.7 Å². The standard InChI is InChI=1S/C21H36O3Si2/c1-21(2,3)26(6,7)23-17-20-14-13-19(24-25(20,4)5)16-22-15-18-11-9-8-10-12-18/h8-12,14,19H,13,15-17H2,1-7H3. The Morgan fingerprint density at radius 3 is 2.35 bits per heavy atom. The number of hydrogen-bond donors (Lipinski definition) is 0. The van der Waals surface area contributed by atoms with E-state index in [0.717, 1.165) is 13.0 Å². The lowest BCUT2D eigenvalue weighted by Gasteiger charge is -2.40. The van der Waals surface area contributed by atoms with Gasteiger partial charge in [-0.05, 0) is 48.4 Å². The summed E-state index contributed by atoms with van der Waals surface area (Å²) >= 11 is 0. The lowest BCUT2D eigenvalue weighted by molar-refractivity contribution is 0.0364. The van der Waals surface area contributed by atoms with Crippen LogP contribution in [0.5, 0.6) is 0 Å². The van der Waals surface area contributed by atoms with Gasteiger partial charge in [0.05, 0.1) is 25.9 Å². The molecule has 0 N–H and O–H groups in total. The van der Waals surface area contributed by atoms with Gasteiger partial charge in [0.25, 0.3) is 0 Å². The highest BCUT2D eigenvalue weighted by molar-refractivity contribution is 6.79. The van der Waals surface area contributed by atoms with Crippen LogP contribution in [0.15, 0.2) is 41.6 Å². The van der Waals surface area contributed by atoms with Crippen molar-refractivity contribution in [2.75, 3.05) is 13.2 Å². The van der Waals surface area contributed by atoms with Crippen molar-refractivity contribution in [3.63, 3.8) is 0 Å². The average molecular weight is 393 g/mol. The Bertz CT molecular complexity index is 603. The molecule has 1 aromatic carbocycles. The van der Waals surface area contributed by atoms with Gasteiger partial charge in [0.1, 0.15) is 0 Å². The first kappa shape index (κ1) is 21.6. The van der Waals surface area contributed by atoms with E-state index in [2.05, 4.69) is 65.2 Å². The number of ether oxygens (including phenoxy) is 1. The van der Waals surface area contributed by atoms with Gasteiger partial charge in [0, 0.05) is 0 Å². The van der Waals surface area contributed by atoms with Crippen molar-refractivity contribution in [3.8, 4) is 0 Å². The Labute approximate surface area is 162 Å². The van der Waals surface area contributed by atoms with Gasteiger partial charge in [-0.15, -0.1) is 0 Å². The second kappa shape index (κ2) is 8.52. The molecular formula is C21H36O3Si2. The third-order valence-electron chi connectivity index (χ3n) is 5.67. The van der Waals surface area contributed by atoms with Gasteiger partial charge < -0.3 is 13.6 Å². The molecule has 0 aliphatic carbocycles. The first-order valence-electron chi connectivity index (χ1n) is 9.64. The molecule has 0 radical (unpaired) electrons. The minimum atomic E-state index is -1.89. The average Bonchev–Trinajstić information content (AvgIpc) is 2.53. The van der Waals surface area contributed by atoms with Gasteiger partial charge in [0.15, 0.2) is 8.32 Å². The number of hydrogen-bond acceptors (Lipinski definition) is 3. The van der Waals surface area contributed by atoms with Crippen LogP contribution in [0.3, 0.4) is 0 Å². The van der Waals surface area contributed by atoms with Crippen LogP contribution in [0.25, 0.3) is 0 Å². The zero-order chi connectivity index (χ0) is 19.4. The maximum atomic E-state index is 6.46. The van der Waals surface area contributed by atoms with E-state index in [0.29, 0.717) is 13.2 Å². The Morgan fingerprint density at radius 1 is 1.12 bits per heavy atom. The summed E-state index contributed by atoms with van der Waals surface area (Å²) in [7, 11) is -3.62. The van der Waals surface area contributed by atoms with Crippen molar-refractivity contribution in [2.45, 2.75) is 71.1 Å². The molecular weight excluding hydrogens is 356 g/mol. The minimum absolute atomic E-state index is 0.164. The summed E-state index contributed by atoms with van der Waals surface area (Å²) in [5.41, 5.74) is 1.21. The highest BCUT2D eigenvalue weighted by Crippen LogP contribution is 2.37. The predicted octanol–water partition coefficient (Wildman–Crippen LogP) is 5.68. The molecule has 146 valence electrons. The first-order chi connectivity index (χ1) is 12.0. The molecule has 3 nitrogen and oxygen atoms in total. The summed E-state index contributed by atoms with van der Waals surface area (Å²) in [5.74, 6) is 0. The molecule has 0 aromatic heterocycles. The van der Waals surface area contributed by atoms with Crippen molar-refractivity contribution in [3.05, 3.63) is 47.2 Å². The van der Waals surface area contributed by atoms with Crippen LogP contribution >= 0.6 is 0 Å². The molecule has 1 aliphatic heterocycles.